The van der Waals surface area contributed by atoms with Crippen molar-refractivity contribution in [2.24, 2.45) is 0 Å². The maximum atomic E-state index is 8.84. The summed E-state index contributed by atoms with van der Waals surface area (Å²) < 4.78 is 0. The van der Waals surface area contributed by atoms with E-state index >= 15 is 0 Å². The summed E-state index contributed by atoms with van der Waals surface area (Å²) in [6.07, 6.45) is 10.3. The highest BCUT2D eigenvalue weighted by atomic mass is 16.3. The van der Waals surface area contributed by atoms with Gasteiger partial charge in [-0.05, 0) is 32.1 Å². The second kappa shape index (κ2) is 6.17. The molecule has 0 spiro atoms. The van der Waals surface area contributed by atoms with Gasteiger partial charge in [0.15, 0.2) is 0 Å². The zero-order chi connectivity index (χ0) is 9.52. The van der Waals surface area contributed by atoms with Crippen LogP contribution in [-0.4, -0.2) is 23.8 Å². The molecule has 13 heavy (non-hydrogen) atoms. The fourth-order valence-corrected chi connectivity index (χ4v) is 1.82. The van der Waals surface area contributed by atoms with Gasteiger partial charge in [0.2, 0.25) is 0 Å². The lowest BCUT2D eigenvalue weighted by Crippen LogP contribution is -2.38. The molecule has 0 bridgehead atoms. The second-order valence-electron chi connectivity index (χ2n) is 3.75. The number of aliphatic hydroxyl groups is 1. The number of nitrogens with one attached hydrogen (secondary N) is 1. The molecular weight excluding hydrogens is 162 g/mol. The molecule has 0 aliphatic heterocycles. The van der Waals surface area contributed by atoms with Crippen molar-refractivity contribution in [1.29, 1.82) is 0 Å². The third kappa shape index (κ3) is 3.92. The Labute approximate surface area is 81.0 Å². The van der Waals surface area contributed by atoms with E-state index in [0.717, 1.165) is 12.8 Å². The summed E-state index contributed by atoms with van der Waals surface area (Å²) in [7, 11) is 0. The molecule has 1 aliphatic carbocycles. The molecule has 0 amide bonds. The second-order valence-corrected chi connectivity index (χ2v) is 3.75. The van der Waals surface area contributed by atoms with Crippen molar-refractivity contribution in [3.05, 3.63) is 12.2 Å². The molecule has 2 heteroatoms. The molecule has 0 heterocycles. The molecule has 0 fully saturated rings. The van der Waals surface area contributed by atoms with E-state index in [1.165, 1.54) is 19.3 Å². The van der Waals surface area contributed by atoms with Crippen molar-refractivity contribution in [1.82, 2.24) is 5.32 Å². The first-order chi connectivity index (χ1) is 6.36. The Morgan fingerprint density at radius 2 is 2.46 bits per heavy atom. The van der Waals surface area contributed by atoms with Crippen molar-refractivity contribution in [2.75, 3.05) is 6.61 Å². The fourth-order valence-electron chi connectivity index (χ4n) is 1.82. The molecule has 0 aromatic rings. The predicted molar refractivity (Wildman–Crippen MR) is 55.7 cm³/mol. The molecule has 1 aliphatic rings. The van der Waals surface area contributed by atoms with Crippen LogP contribution in [0.2, 0.25) is 0 Å². The molecule has 76 valence electrons. The van der Waals surface area contributed by atoms with Gasteiger partial charge in [-0.1, -0.05) is 19.1 Å². The number of aliphatic hydroxyl groups excluding tert-OH is 1. The van der Waals surface area contributed by atoms with Crippen molar-refractivity contribution < 1.29 is 5.11 Å². The maximum Gasteiger partial charge on any atom is 0.0445 e. The number of allylic oxidation sites excluding steroid dienone is 1. The van der Waals surface area contributed by atoms with Gasteiger partial charge in [0.1, 0.15) is 0 Å². The van der Waals surface area contributed by atoms with E-state index in [-0.39, 0.29) is 0 Å². The van der Waals surface area contributed by atoms with E-state index in [1.54, 1.807) is 0 Å². The topological polar surface area (TPSA) is 32.3 Å². The minimum absolute atomic E-state index is 0.294. The lowest BCUT2D eigenvalue weighted by atomic mass is 10.0. The first-order valence-corrected chi connectivity index (χ1v) is 5.40. The van der Waals surface area contributed by atoms with Gasteiger partial charge in [-0.15, -0.1) is 0 Å². The van der Waals surface area contributed by atoms with E-state index in [4.69, 9.17) is 5.11 Å². The van der Waals surface area contributed by atoms with Gasteiger partial charge in [-0.2, -0.15) is 0 Å². The van der Waals surface area contributed by atoms with Crippen LogP contribution in [0.5, 0.6) is 0 Å². The van der Waals surface area contributed by atoms with Crippen LogP contribution in [0, 0.1) is 0 Å². The largest absolute Gasteiger partial charge is 0.396 e. The van der Waals surface area contributed by atoms with Crippen molar-refractivity contribution in [3.8, 4) is 0 Å². The van der Waals surface area contributed by atoms with Gasteiger partial charge in [0, 0.05) is 18.7 Å². The smallest absolute Gasteiger partial charge is 0.0445 e. The first kappa shape index (κ1) is 10.7. The highest BCUT2D eigenvalue weighted by Gasteiger charge is 2.12. The first-order valence-electron chi connectivity index (χ1n) is 5.40. The van der Waals surface area contributed by atoms with Gasteiger partial charge in [0.25, 0.3) is 0 Å². The van der Waals surface area contributed by atoms with E-state index < -0.39 is 0 Å². The maximum absolute atomic E-state index is 8.84. The molecule has 1 rings (SSSR count). The van der Waals surface area contributed by atoms with Crippen LogP contribution in [-0.2, 0) is 0 Å². The molecule has 2 unspecified atom stereocenters. The lowest BCUT2D eigenvalue weighted by Gasteiger charge is -2.24. The van der Waals surface area contributed by atoms with Crippen LogP contribution in [0.4, 0.5) is 0 Å². The van der Waals surface area contributed by atoms with Crippen LogP contribution >= 0.6 is 0 Å². The predicted octanol–water partition coefficient (Wildman–Crippen LogP) is 1.85. The zero-order valence-electron chi connectivity index (χ0n) is 8.50. The Morgan fingerprint density at radius 1 is 1.62 bits per heavy atom. The summed E-state index contributed by atoms with van der Waals surface area (Å²) in [5, 5.41) is 12.4. The molecule has 0 aromatic carbocycles. The Bertz CT molecular complexity index is 156. The highest BCUT2D eigenvalue weighted by Crippen LogP contribution is 2.12. The number of hydrogen-bond acceptors (Lipinski definition) is 2. The van der Waals surface area contributed by atoms with E-state index in [2.05, 4.69) is 24.4 Å². The third-order valence-corrected chi connectivity index (χ3v) is 2.67. The normalized spacial score (nSPS) is 24.6. The van der Waals surface area contributed by atoms with Crippen LogP contribution < -0.4 is 5.32 Å². The van der Waals surface area contributed by atoms with Crippen molar-refractivity contribution in [3.63, 3.8) is 0 Å². The van der Waals surface area contributed by atoms with E-state index in [1.807, 2.05) is 0 Å². The Morgan fingerprint density at radius 3 is 3.00 bits per heavy atom. The average molecular weight is 183 g/mol. The zero-order valence-corrected chi connectivity index (χ0v) is 8.50. The highest BCUT2D eigenvalue weighted by molar-refractivity contribution is 4.98. The quantitative estimate of drug-likeness (QED) is 0.637. The summed E-state index contributed by atoms with van der Waals surface area (Å²) in [5.41, 5.74) is 0. The standard InChI is InChI=1S/C11H21NO/c1-2-10(8-9-13)12-11-6-4-3-5-7-11/h4,6,10-13H,2-3,5,7-9H2,1H3. The van der Waals surface area contributed by atoms with Crippen LogP contribution in [0.3, 0.4) is 0 Å². The number of rotatable bonds is 5. The Balaban J connectivity index is 2.27. The van der Waals surface area contributed by atoms with Gasteiger partial charge in [-0.3, -0.25) is 0 Å². The van der Waals surface area contributed by atoms with Crippen LogP contribution in [0.1, 0.15) is 39.0 Å². The van der Waals surface area contributed by atoms with Crippen molar-refractivity contribution >= 4 is 0 Å². The van der Waals surface area contributed by atoms with Crippen LogP contribution in [0.25, 0.3) is 0 Å². The average Bonchev–Trinajstić information content (AvgIpc) is 2.19. The molecule has 0 aromatic heterocycles. The fraction of sp³-hybridized carbons (Fsp3) is 0.818. The summed E-state index contributed by atoms with van der Waals surface area (Å²) in [4.78, 5) is 0. The lowest BCUT2D eigenvalue weighted by molar-refractivity contribution is 0.257. The molecular formula is C11H21NO. The Kier molecular flexibility index (Phi) is 5.09. The molecule has 2 N–H and O–H groups in total. The van der Waals surface area contributed by atoms with Crippen LogP contribution in [0.15, 0.2) is 12.2 Å². The van der Waals surface area contributed by atoms with E-state index in [9.17, 15) is 0 Å². The van der Waals surface area contributed by atoms with Gasteiger partial charge in [-0.25, -0.2) is 0 Å². The summed E-state index contributed by atoms with van der Waals surface area (Å²) in [5.74, 6) is 0. The molecule has 2 atom stereocenters. The van der Waals surface area contributed by atoms with Gasteiger partial charge < -0.3 is 10.4 Å². The third-order valence-electron chi connectivity index (χ3n) is 2.67. The summed E-state index contributed by atoms with van der Waals surface area (Å²) in [6, 6.07) is 1.03. The van der Waals surface area contributed by atoms with Crippen molar-refractivity contribution in [2.45, 2.75) is 51.1 Å². The SMILES string of the molecule is CCC(CCO)NC1C=CCCC1. The molecule has 0 saturated carbocycles. The molecule has 0 radical (unpaired) electrons. The summed E-state index contributed by atoms with van der Waals surface area (Å²) >= 11 is 0. The monoisotopic (exact) mass is 183 g/mol. The number of hydrogen-bond donors (Lipinski definition) is 2. The molecule has 0 saturated heterocycles. The minimum Gasteiger partial charge on any atom is -0.396 e. The Hall–Kier alpha value is -0.340. The summed E-state index contributed by atoms with van der Waals surface area (Å²) in [6.45, 7) is 2.46. The molecule has 2 nitrogen and oxygen atoms in total. The van der Waals surface area contributed by atoms with Gasteiger partial charge >= 0.3 is 0 Å². The van der Waals surface area contributed by atoms with Gasteiger partial charge in [0.05, 0.1) is 0 Å². The minimum atomic E-state index is 0.294. The van der Waals surface area contributed by atoms with E-state index in [0.29, 0.717) is 18.7 Å².